The van der Waals surface area contributed by atoms with Gasteiger partial charge in [0, 0.05) is 12.7 Å². The lowest BCUT2D eigenvalue weighted by Crippen LogP contribution is -2.24. The number of hydrogen-bond donors (Lipinski definition) is 1. The maximum absolute atomic E-state index is 11.6. The fourth-order valence-electron chi connectivity index (χ4n) is 1.18. The maximum atomic E-state index is 11.6. The Morgan fingerprint density at radius 3 is 2.81 bits per heavy atom. The number of aryl methyl sites for hydroxylation is 1. The highest BCUT2D eigenvalue weighted by Gasteiger charge is 2.19. The molecule has 0 amide bonds. The van der Waals surface area contributed by atoms with E-state index in [0.717, 1.165) is 13.0 Å². The zero-order valence-corrected chi connectivity index (χ0v) is 10.1. The summed E-state index contributed by atoms with van der Waals surface area (Å²) in [7, 11) is 0. The summed E-state index contributed by atoms with van der Waals surface area (Å²) in [6.07, 6.45) is 2.60. The van der Waals surface area contributed by atoms with Crippen LogP contribution in [0, 0.1) is 0 Å². The van der Waals surface area contributed by atoms with Crippen LogP contribution in [0.5, 0.6) is 0 Å². The highest BCUT2D eigenvalue weighted by molar-refractivity contribution is 5.87. The van der Waals surface area contributed by atoms with E-state index in [1.807, 2.05) is 20.8 Å². The first kappa shape index (κ1) is 12.7. The monoisotopic (exact) mass is 225 g/mol. The topological polar surface area (TPSA) is 70.1 Å². The zero-order valence-electron chi connectivity index (χ0n) is 10.1. The molecule has 0 bridgehead atoms. The van der Waals surface area contributed by atoms with E-state index in [1.54, 1.807) is 16.9 Å². The lowest BCUT2D eigenvalue weighted by Gasteiger charge is -2.18. The Morgan fingerprint density at radius 1 is 1.56 bits per heavy atom. The van der Waals surface area contributed by atoms with Gasteiger partial charge in [0.2, 0.25) is 0 Å². The first-order valence-corrected chi connectivity index (χ1v) is 5.39. The van der Waals surface area contributed by atoms with Crippen molar-refractivity contribution in [1.82, 2.24) is 9.78 Å². The summed E-state index contributed by atoms with van der Waals surface area (Å²) < 4.78 is 6.90. The van der Waals surface area contributed by atoms with E-state index in [2.05, 4.69) is 5.10 Å². The molecule has 0 aliphatic rings. The van der Waals surface area contributed by atoms with Gasteiger partial charge in [-0.2, -0.15) is 5.10 Å². The highest BCUT2D eigenvalue weighted by atomic mass is 16.6. The number of nitrogens with zero attached hydrogens (tertiary/aromatic N) is 2. The molecule has 0 unspecified atom stereocenters. The van der Waals surface area contributed by atoms with E-state index in [-0.39, 0.29) is 5.97 Å². The van der Waals surface area contributed by atoms with Crippen molar-refractivity contribution in [2.75, 3.05) is 6.54 Å². The van der Waals surface area contributed by atoms with Crippen molar-refractivity contribution in [3.8, 4) is 0 Å². The van der Waals surface area contributed by atoms with Crippen LogP contribution in [0.4, 0.5) is 0 Å². The summed E-state index contributed by atoms with van der Waals surface area (Å²) in [5.74, 6) is -0.390. The van der Waals surface area contributed by atoms with Crippen molar-refractivity contribution in [3.63, 3.8) is 0 Å². The Labute approximate surface area is 95.6 Å². The minimum Gasteiger partial charge on any atom is -0.455 e. The van der Waals surface area contributed by atoms with Crippen LogP contribution in [0.2, 0.25) is 0 Å². The van der Waals surface area contributed by atoms with Gasteiger partial charge < -0.3 is 10.5 Å². The molecular formula is C11H19N3O2. The molecule has 1 rings (SSSR count). The molecule has 0 aliphatic heterocycles. The first-order chi connectivity index (χ1) is 7.42. The fraction of sp³-hybridized carbons (Fsp3) is 0.636. The normalized spacial score (nSPS) is 11.5. The van der Waals surface area contributed by atoms with E-state index in [0.29, 0.717) is 12.2 Å². The first-order valence-electron chi connectivity index (χ1n) is 5.39. The Kier molecular flexibility index (Phi) is 4.06. The van der Waals surface area contributed by atoms with Crippen LogP contribution in [0.15, 0.2) is 12.3 Å². The van der Waals surface area contributed by atoms with Gasteiger partial charge in [-0.05, 0) is 39.8 Å². The smallest absolute Gasteiger partial charge is 0.359 e. The third-order valence-corrected chi connectivity index (χ3v) is 1.84. The molecule has 0 radical (unpaired) electrons. The minimum absolute atomic E-state index is 0.340. The van der Waals surface area contributed by atoms with Crippen LogP contribution >= 0.6 is 0 Å². The van der Waals surface area contributed by atoms with Crippen LogP contribution in [0.1, 0.15) is 37.7 Å². The summed E-state index contributed by atoms with van der Waals surface area (Å²) in [6.45, 7) is 6.82. The third-order valence-electron chi connectivity index (χ3n) is 1.84. The molecular weight excluding hydrogens is 206 g/mol. The maximum Gasteiger partial charge on any atom is 0.359 e. The number of esters is 1. The summed E-state index contributed by atoms with van der Waals surface area (Å²) in [6, 6.07) is 1.66. The molecule has 0 aromatic carbocycles. The van der Waals surface area contributed by atoms with Gasteiger partial charge in [0.25, 0.3) is 0 Å². The van der Waals surface area contributed by atoms with Crippen molar-refractivity contribution >= 4 is 5.97 Å². The van der Waals surface area contributed by atoms with E-state index < -0.39 is 5.60 Å². The largest absolute Gasteiger partial charge is 0.455 e. The summed E-state index contributed by atoms with van der Waals surface area (Å²) in [5.41, 5.74) is 5.25. The molecule has 5 nitrogen and oxygen atoms in total. The third kappa shape index (κ3) is 4.02. The molecule has 0 saturated carbocycles. The van der Waals surface area contributed by atoms with Crippen LogP contribution in [-0.4, -0.2) is 27.9 Å². The van der Waals surface area contributed by atoms with Gasteiger partial charge in [-0.3, -0.25) is 4.68 Å². The van der Waals surface area contributed by atoms with E-state index in [4.69, 9.17) is 10.5 Å². The molecule has 0 fully saturated rings. The lowest BCUT2D eigenvalue weighted by atomic mass is 10.2. The number of carbonyl (C=O) groups is 1. The Bertz CT molecular complexity index is 352. The second-order valence-electron chi connectivity index (χ2n) is 4.61. The number of ether oxygens (including phenoxy) is 1. The molecule has 0 saturated heterocycles. The van der Waals surface area contributed by atoms with Crippen molar-refractivity contribution in [1.29, 1.82) is 0 Å². The average Bonchev–Trinajstić information content (AvgIpc) is 2.60. The second-order valence-corrected chi connectivity index (χ2v) is 4.61. The van der Waals surface area contributed by atoms with Crippen molar-refractivity contribution in [2.24, 2.45) is 5.73 Å². The molecule has 5 heteroatoms. The predicted octanol–water partition coefficient (Wildman–Crippen LogP) is 1.19. The molecule has 2 N–H and O–H groups in total. The Hall–Kier alpha value is -1.36. The number of rotatable bonds is 4. The molecule has 1 aromatic heterocycles. The van der Waals surface area contributed by atoms with Crippen LogP contribution in [-0.2, 0) is 11.3 Å². The highest BCUT2D eigenvalue weighted by Crippen LogP contribution is 2.10. The van der Waals surface area contributed by atoms with Gasteiger partial charge in [-0.15, -0.1) is 0 Å². The number of nitrogens with two attached hydrogens (primary N) is 1. The van der Waals surface area contributed by atoms with Crippen LogP contribution in [0.3, 0.4) is 0 Å². The van der Waals surface area contributed by atoms with Gasteiger partial charge in [0.1, 0.15) is 5.60 Å². The zero-order chi connectivity index (χ0) is 12.2. The standard InChI is InChI=1S/C11H19N3O2/c1-11(2,3)16-10(15)9-5-8-14(13-9)7-4-6-12/h5,8H,4,6-7,12H2,1-3H3. The van der Waals surface area contributed by atoms with Crippen molar-refractivity contribution in [2.45, 2.75) is 39.3 Å². The van der Waals surface area contributed by atoms with Crippen molar-refractivity contribution in [3.05, 3.63) is 18.0 Å². The average molecular weight is 225 g/mol. The minimum atomic E-state index is -0.488. The Balaban J connectivity index is 2.60. The van der Waals surface area contributed by atoms with E-state index >= 15 is 0 Å². The second kappa shape index (κ2) is 5.12. The molecule has 0 spiro atoms. The fourth-order valence-corrected chi connectivity index (χ4v) is 1.18. The summed E-state index contributed by atoms with van der Waals surface area (Å²) >= 11 is 0. The quantitative estimate of drug-likeness (QED) is 0.781. The number of aromatic nitrogens is 2. The van der Waals surface area contributed by atoms with Gasteiger partial charge in [-0.1, -0.05) is 0 Å². The van der Waals surface area contributed by atoms with Crippen molar-refractivity contribution < 1.29 is 9.53 Å². The number of hydrogen-bond acceptors (Lipinski definition) is 4. The van der Waals surface area contributed by atoms with Gasteiger partial charge >= 0.3 is 5.97 Å². The van der Waals surface area contributed by atoms with Gasteiger partial charge in [-0.25, -0.2) is 4.79 Å². The SMILES string of the molecule is CC(C)(C)OC(=O)c1ccn(CCCN)n1. The Morgan fingerprint density at radius 2 is 2.25 bits per heavy atom. The van der Waals surface area contributed by atoms with E-state index in [9.17, 15) is 4.79 Å². The van der Waals surface area contributed by atoms with Gasteiger partial charge in [0.05, 0.1) is 0 Å². The van der Waals surface area contributed by atoms with Crippen LogP contribution in [0.25, 0.3) is 0 Å². The molecule has 0 atom stereocenters. The molecule has 1 aromatic rings. The summed E-state index contributed by atoms with van der Waals surface area (Å²) in [5, 5.41) is 4.12. The molecule has 0 aliphatic carbocycles. The molecule has 16 heavy (non-hydrogen) atoms. The summed E-state index contributed by atoms with van der Waals surface area (Å²) in [4.78, 5) is 11.6. The van der Waals surface area contributed by atoms with E-state index in [1.165, 1.54) is 0 Å². The molecule has 90 valence electrons. The lowest BCUT2D eigenvalue weighted by molar-refractivity contribution is 0.00619. The number of carbonyl (C=O) groups excluding carboxylic acids is 1. The predicted molar refractivity (Wildman–Crippen MR) is 61.1 cm³/mol. The van der Waals surface area contributed by atoms with Crippen LogP contribution < -0.4 is 5.73 Å². The van der Waals surface area contributed by atoms with Gasteiger partial charge in [0.15, 0.2) is 5.69 Å². The molecule has 1 heterocycles.